The number of nitrogens with one attached hydrogen (secondary N) is 1. The van der Waals surface area contributed by atoms with Crippen LogP contribution in [0.5, 0.6) is 0 Å². The SMILES string of the molecule is Cc1cc(-n2nc3c(c2-n2ccn(-c4ccc5cnc(C)n5c4)c2=O)CN(C(=O)c2cc4cc(C5CCOCC5)ccc4n2[C@@]2(c4noc(=O)[nH]4)C[C@@H]2C)CC3)cc(C)c1F. The lowest BCUT2D eigenvalue weighted by Gasteiger charge is -2.29. The molecule has 2 atom stereocenters. The number of rotatable bonds is 7. The number of amides is 1. The molecule has 1 N–H and O–H groups in total. The highest BCUT2D eigenvalue weighted by Crippen LogP contribution is 2.56. The number of fused-ring (bicyclic) bond motifs is 3. The summed E-state index contributed by atoms with van der Waals surface area (Å²) in [5.41, 5.74) is 5.87. The highest BCUT2D eigenvalue weighted by Gasteiger charge is 2.59. The van der Waals surface area contributed by atoms with Crippen LogP contribution in [0, 0.1) is 32.5 Å². The van der Waals surface area contributed by atoms with Gasteiger partial charge >= 0.3 is 11.4 Å². The van der Waals surface area contributed by atoms with Gasteiger partial charge in [0.25, 0.3) is 5.91 Å². The third kappa shape index (κ3) is 5.71. The summed E-state index contributed by atoms with van der Waals surface area (Å²) >= 11 is 0. The van der Waals surface area contributed by atoms with Gasteiger partial charge in [-0.3, -0.25) is 23.4 Å². The van der Waals surface area contributed by atoms with Crippen molar-refractivity contribution in [3.05, 3.63) is 145 Å². The number of pyridine rings is 1. The summed E-state index contributed by atoms with van der Waals surface area (Å²) in [6.45, 7) is 9.33. The van der Waals surface area contributed by atoms with E-state index < -0.39 is 11.3 Å². The van der Waals surface area contributed by atoms with Crippen LogP contribution in [-0.2, 0) is 23.2 Å². The molecule has 2 aromatic carbocycles. The van der Waals surface area contributed by atoms with E-state index in [-0.39, 0.29) is 29.9 Å². The lowest BCUT2D eigenvalue weighted by atomic mass is 9.91. The predicted molar refractivity (Wildman–Crippen MR) is 223 cm³/mol. The Hall–Kier alpha value is -6.81. The molecule has 61 heavy (non-hydrogen) atoms. The highest BCUT2D eigenvalue weighted by atomic mass is 19.1. The van der Waals surface area contributed by atoms with Crippen molar-refractivity contribution in [2.75, 3.05) is 19.8 Å². The highest BCUT2D eigenvalue weighted by molar-refractivity contribution is 5.99. The molecule has 3 aliphatic rings. The molecular weight excluding hydrogens is 780 g/mol. The molecule has 15 nitrogen and oxygen atoms in total. The zero-order valence-electron chi connectivity index (χ0n) is 34.2. The Labute approximate surface area is 347 Å². The van der Waals surface area contributed by atoms with Crippen LogP contribution < -0.4 is 11.4 Å². The molecular formula is C45H43FN10O5. The van der Waals surface area contributed by atoms with Crippen molar-refractivity contribution >= 4 is 22.3 Å². The van der Waals surface area contributed by atoms with Crippen LogP contribution in [-0.4, -0.2) is 73.6 Å². The third-order valence-corrected chi connectivity index (χ3v) is 13.2. The number of carbonyl (C=O) groups is 1. The summed E-state index contributed by atoms with van der Waals surface area (Å²) in [5, 5.41) is 10.1. The van der Waals surface area contributed by atoms with Crippen molar-refractivity contribution in [2.45, 2.75) is 71.4 Å². The van der Waals surface area contributed by atoms with Crippen LogP contribution in [0.3, 0.4) is 0 Å². The number of aromatic nitrogens is 9. The molecule has 0 unspecified atom stereocenters. The lowest BCUT2D eigenvalue weighted by molar-refractivity contribution is 0.0721. The van der Waals surface area contributed by atoms with E-state index in [1.165, 1.54) is 5.56 Å². The molecule has 0 spiro atoms. The minimum atomic E-state index is -0.803. The fraction of sp³-hybridized carbons (Fsp3) is 0.333. The molecule has 310 valence electrons. The van der Waals surface area contributed by atoms with Crippen molar-refractivity contribution in [1.82, 2.24) is 47.9 Å². The van der Waals surface area contributed by atoms with Crippen molar-refractivity contribution in [1.29, 1.82) is 0 Å². The maximum atomic E-state index is 15.2. The average Bonchev–Trinajstić information content (AvgIpc) is 3.89. The van der Waals surface area contributed by atoms with Gasteiger partial charge in [-0.05, 0) is 111 Å². The number of imidazole rings is 2. The summed E-state index contributed by atoms with van der Waals surface area (Å²) in [6.07, 6.45) is 9.98. The smallest absolute Gasteiger partial charge is 0.381 e. The van der Waals surface area contributed by atoms with Gasteiger partial charge in [-0.2, -0.15) is 5.10 Å². The number of halogens is 1. The van der Waals surface area contributed by atoms with E-state index in [4.69, 9.17) is 14.4 Å². The topological polar surface area (TPSA) is 155 Å². The van der Waals surface area contributed by atoms with Gasteiger partial charge in [-0.15, -0.1) is 0 Å². The zero-order valence-corrected chi connectivity index (χ0v) is 34.2. The van der Waals surface area contributed by atoms with Gasteiger partial charge < -0.3 is 18.6 Å². The molecule has 11 rings (SSSR count). The number of nitrogens with zero attached hydrogens (tertiary/aromatic N) is 9. The maximum Gasteiger partial charge on any atom is 0.438 e. The molecule has 1 amide bonds. The van der Waals surface area contributed by atoms with Gasteiger partial charge in [0.15, 0.2) is 5.82 Å². The normalized spacial score (nSPS) is 19.3. The predicted octanol–water partition coefficient (Wildman–Crippen LogP) is 6.03. The molecule has 1 saturated carbocycles. The fourth-order valence-electron chi connectivity index (χ4n) is 9.83. The summed E-state index contributed by atoms with van der Waals surface area (Å²) in [5.74, 6) is 0.864. The first-order chi connectivity index (χ1) is 29.5. The number of hydrogen-bond acceptors (Lipinski definition) is 8. The van der Waals surface area contributed by atoms with Gasteiger partial charge in [-0.1, -0.05) is 18.1 Å². The first kappa shape index (κ1) is 37.2. The monoisotopic (exact) mass is 822 g/mol. The van der Waals surface area contributed by atoms with Crippen LogP contribution in [0.15, 0.2) is 87.4 Å². The zero-order chi connectivity index (χ0) is 41.9. The quantitative estimate of drug-likeness (QED) is 0.204. The Morgan fingerprint density at radius 2 is 1.74 bits per heavy atom. The number of carbonyl (C=O) groups excluding carboxylic acids is 1. The van der Waals surface area contributed by atoms with Gasteiger partial charge in [0, 0.05) is 61.2 Å². The maximum absolute atomic E-state index is 15.2. The lowest BCUT2D eigenvalue weighted by Crippen LogP contribution is -2.39. The second-order valence-corrected chi connectivity index (χ2v) is 16.9. The first-order valence-corrected chi connectivity index (χ1v) is 20.7. The summed E-state index contributed by atoms with van der Waals surface area (Å²) in [4.78, 5) is 51.2. The van der Waals surface area contributed by atoms with E-state index in [9.17, 15) is 9.59 Å². The van der Waals surface area contributed by atoms with Crippen molar-refractivity contribution < 1.29 is 18.4 Å². The first-order valence-electron chi connectivity index (χ1n) is 20.7. The fourth-order valence-corrected chi connectivity index (χ4v) is 9.83. The van der Waals surface area contributed by atoms with Gasteiger partial charge in [0.1, 0.15) is 28.7 Å². The van der Waals surface area contributed by atoms with Crippen LogP contribution in [0.25, 0.3) is 33.6 Å². The molecule has 1 aliphatic carbocycles. The van der Waals surface area contributed by atoms with E-state index in [0.717, 1.165) is 40.8 Å². The minimum absolute atomic E-state index is 0.0419. The van der Waals surface area contributed by atoms with Crippen LogP contribution in [0.4, 0.5) is 4.39 Å². The largest absolute Gasteiger partial charge is 0.438 e. The Bertz CT molecular complexity index is 3180. The molecule has 0 bridgehead atoms. The second-order valence-electron chi connectivity index (χ2n) is 16.9. The number of aromatic amines is 1. The molecule has 0 radical (unpaired) electrons. The van der Waals surface area contributed by atoms with E-state index in [1.807, 2.05) is 40.3 Å². The molecule has 8 heterocycles. The number of hydrogen-bond donors (Lipinski definition) is 1. The van der Waals surface area contributed by atoms with Crippen molar-refractivity contribution in [3.63, 3.8) is 0 Å². The average molecular weight is 823 g/mol. The number of benzene rings is 2. The third-order valence-electron chi connectivity index (χ3n) is 13.2. The summed E-state index contributed by atoms with van der Waals surface area (Å²) < 4.78 is 34.5. The van der Waals surface area contributed by atoms with E-state index in [2.05, 4.69) is 40.2 Å². The molecule has 1 saturated heterocycles. The van der Waals surface area contributed by atoms with Crippen LogP contribution in [0.1, 0.15) is 82.2 Å². The summed E-state index contributed by atoms with van der Waals surface area (Å²) in [7, 11) is 0. The van der Waals surface area contributed by atoms with E-state index >= 15 is 9.18 Å². The van der Waals surface area contributed by atoms with Gasteiger partial charge in [0.05, 0.1) is 35.3 Å². The summed E-state index contributed by atoms with van der Waals surface area (Å²) in [6, 6.07) is 15.6. The van der Waals surface area contributed by atoms with Crippen molar-refractivity contribution in [2.24, 2.45) is 5.92 Å². The minimum Gasteiger partial charge on any atom is -0.381 e. The number of ether oxygens (including phenoxy) is 1. The molecule has 8 aromatic rings. The Morgan fingerprint density at radius 1 is 0.967 bits per heavy atom. The van der Waals surface area contributed by atoms with Crippen LogP contribution in [0.2, 0.25) is 0 Å². The Morgan fingerprint density at radius 3 is 2.48 bits per heavy atom. The van der Waals surface area contributed by atoms with Crippen LogP contribution >= 0.6 is 0 Å². The Balaban J connectivity index is 1.04. The van der Waals surface area contributed by atoms with E-state index in [1.54, 1.807) is 63.3 Å². The Kier molecular flexibility index (Phi) is 8.30. The molecule has 16 heteroatoms. The van der Waals surface area contributed by atoms with Crippen molar-refractivity contribution in [3.8, 4) is 17.2 Å². The second kappa shape index (κ2) is 13.6. The molecule has 2 aliphatic heterocycles. The molecule has 2 fully saturated rings. The number of H-pyrrole nitrogens is 1. The van der Waals surface area contributed by atoms with Gasteiger partial charge in [-0.25, -0.2) is 23.6 Å². The van der Waals surface area contributed by atoms with Gasteiger partial charge in [0.2, 0.25) is 0 Å². The molecule has 6 aromatic heterocycles. The number of aryl methyl sites for hydroxylation is 3. The standard InChI is InChI=1S/C45H43FN10O5/c1-25-17-34(18-26(2)39(25)46)56-40(53-14-13-52(44(53)59)33-7-6-32-22-47-28(4)54(32)23-33)35-24-51(12-9-36(35)49-56)41(57)38-20-31-19-30(29-10-15-60-16-11-29)5-8-37(31)55(38)45(21-27(45)3)42-48-43(58)61-50-42/h5-8,13-14,17-20,22-23,27,29H,9-12,15-16,21,24H2,1-4H3,(H,48,50,58)/t27-,45-/m0/s1. The van der Waals surface area contributed by atoms with E-state index in [0.29, 0.717) is 83.9 Å².